The smallest absolute Gasteiger partial charge is 0.233 e. The molecule has 6 nitrogen and oxygen atoms in total. The highest BCUT2D eigenvalue weighted by molar-refractivity contribution is 8.00. The van der Waals surface area contributed by atoms with Gasteiger partial charge in [0.15, 0.2) is 16.7 Å². The third kappa shape index (κ3) is 3.48. The molecular weight excluding hydrogens is 350 g/mol. The predicted molar refractivity (Wildman–Crippen MR) is 101 cm³/mol. The minimum Gasteiger partial charge on any atom is -0.454 e. The average molecular weight is 369 g/mol. The van der Waals surface area contributed by atoms with Gasteiger partial charge < -0.3 is 19.8 Å². The van der Waals surface area contributed by atoms with E-state index >= 15 is 0 Å². The first-order valence-corrected chi connectivity index (χ1v) is 9.26. The number of amides is 1. The maximum Gasteiger partial charge on any atom is 0.233 e. The molecule has 1 atom stereocenters. The largest absolute Gasteiger partial charge is 0.454 e. The van der Waals surface area contributed by atoms with E-state index < -0.39 is 0 Å². The van der Waals surface area contributed by atoms with Crippen molar-refractivity contribution in [2.45, 2.75) is 30.8 Å². The summed E-state index contributed by atoms with van der Waals surface area (Å²) < 4.78 is 10.7. The first-order valence-electron chi connectivity index (χ1n) is 8.38. The van der Waals surface area contributed by atoms with Crippen LogP contribution in [0.5, 0.6) is 11.5 Å². The van der Waals surface area contributed by atoms with Gasteiger partial charge in [-0.3, -0.25) is 4.79 Å². The van der Waals surface area contributed by atoms with Gasteiger partial charge in [0.05, 0.1) is 16.3 Å². The van der Waals surface area contributed by atoms with Crippen LogP contribution in [0.25, 0.3) is 11.0 Å². The van der Waals surface area contributed by atoms with Crippen molar-refractivity contribution in [3.8, 4) is 11.5 Å². The highest BCUT2D eigenvalue weighted by Crippen LogP contribution is 2.32. The van der Waals surface area contributed by atoms with Gasteiger partial charge in [0.1, 0.15) is 0 Å². The van der Waals surface area contributed by atoms with Crippen LogP contribution in [0, 0.1) is 6.92 Å². The van der Waals surface area contributed by atoms with E-state index in [0.717, 1.165) is 33.3 Å². The number of ether oxygens (including phenoxy) is 2. The zero-order valence-electron chi connectivity index (χ0n) is 14.5. The van der Waals surface area contributed by atoms with Crippen molar-refractivity contribution in [1.82, 2.24) is 15.3 Å². The van der Waals surface area contributed by atoms with Crippen molar-refractivity contribution in [3.05, 3.63) is 47.5 Å². The lowest BCUT2D eigenvalue weighted by Crippen LogP contribution is -2.30. The number of benzene rings is 2. The molecule has 3 aromatic rings. The van der Waals surface area contributed by atoms with Gasteiger partial charge in [-0.15, -0.1) is 0 Å². The maximum atomic E-state index is 12.4. The van der Waals surface area contributed by atoms with Crippen LogP contribution in [0.4, 0.5) is 0 Å². The molecule has 2 aromatic carbocycles. The number of fused-ring (bicyclic) bond motifs is 2. The lowest BCUT2D eigenvalue weighted by atomic mass is 10.2. The summed E-state index contributed by atoms with van der Waals surface area (Å²) in [6.07, 6.45) is 0. The van der Waals surface area contributed by atoms with Crippen LogP contribution >= 0.6 is 11.8 Å². The summed E-state index contributed by atoms with van der Waals surface area (Å²) in [6, 6.07) is 11.7. The number of carbonyl (C=O) groups is 1. The molecule has 0 bridgehead atoms. The number of thioether (sulfide) groups is 1. The molecule has 0 radical (unpaired) electrons. The summed E-state index contributed by atoms with van der Waals surface area (Å²) in [5, 5.41) is 3.44. The third-order valence-corrected chi connectivity index (χ3v) is 5.16. The topological polar surface area (TPSA) is 76.2 Å². The number of aromatic amines is 1. The second kappa shape index (κ2) is 6.92. The number of nitrogens with one attached hydrogen (secondary N) is 2. The molecule has 2 N–H and O–H groups in total. The van der Waals surface area contributed by atoms with Crippen LogP contribution in [-0.2, 0) is 11.3 Å². The van der Waals surface area contributed by atoms with E-state index in [1.807, 2.05) is 44.2 Å². The number of nitrogens with zero attached hydrogens (tertiary/aromatic N) is 1. The highest BCUT2D eigenvalue weighted by Gasteiger charge is 2.17. The Kier molecular flexibility index (Phi) is 4.46. The zero-order valence-corrected chi connectivity index (χ0v) is 15.4. The van der Waals surface area contributed by atoms with E-state index in [2.05, 4.69) is 21.4 Å². The minimum atomic E-state index is -0.259. The molecule has 1 aliphatic heterocycles. The molecule has 26 heavy (non-hydrogen) atoms. The van der Waals surface area contributed by atoms with Crippen LogP contribution in [0.2, 0.25) is 0 Å². The van der Waals surface area contributed by atoms with Gasteiger partial charge in [0.2, 0.25) is 12.7 Å². The lowest BCUT2D eigenvalue weighted by molar-refractivity contribution is -0.120. The Morgan fingerprint density at radius 1 is 1.27 bits per heavy atom. The number of imidazole rings is 1. The van der Waals surface area contributed by atoms with Gasteiger partial charge in [0, 0.05) is 6.54 Å². The van der Waals surface area contributed by atoms with Crippen molar-refractivity contribution >= 4 is 28.7 Å². The van der Waals surface area contributed by atoms with Crippen molar-refractivity contribution in [3.63, 3.8) is 0 Å². The van der Waals surface area contributed by atoms with E-state index in [0.29, 0.717) is 6.54 Å². The molecule has 4 rings (SSSR count). The van der Waals surface area contributed by atoms with Crippen LogP contribution in [0.15, 0.2) is 41.6 Å². The fraction of sp³-hybridized carbons (Fsp3) is 0.263. The van der Waals surface area contributed by atoms with E-state index in [1.165, 1.54) is 17.3 Å². The van der Waals surface area contributed by atoms with E-state index in [9.17, 15) is 4.79 Å². The van der Waals surface area contributed by atoms with Crippen molar-refractivity contribution < 1.29 is 14.3 Å². The Morgan fingerprint density at radius 2 is 2.12 bits per heavy atom. The third-order valence-electron chi connectivity index (χ3n) is 4.18. The monoisotopic (exact) mass is 369 g/mol. The Hall–Kier alpha value is -2.67. The molecule has 1 aliphatic rings. The van der Waals surface area contributed by atoms with Crippen molar-refractivity contribution in [2.75, 3.05) is 6.79 Å². The number of H-pyrrole nitrogens is 1. The van der Waals surface area contributed by atoms with Gasteiger partial charge in [-0.05, 0) is 49.2 Å². The highest BCUT2D eigenvalue weighted by atomic mass is 32.2. The summed E-state index contributed by atoms with van der Waals surface area (Å²) in [5.41, 5.74) is 4.04. The summed E-state index contributed by atoms with van der Waals surface area (Å²) >= 11 is 1.42. The van der Waals surface area contributed by atoms with Gasteiger partial charge in [0.25, 0.3) is 0 Å². The summed E-state index contributed by atoms with van der Waals surface area (Å²) in [5.74, 6) is 1.42. The summed E-state index contributed by atoms with van der Waals surface area (Å²) in [7, 11) is 0. The maximum absolute atomic E-state index is 12.4. The number of rotatable bonds is 5. The molecule has 0 saturated carbocycles. The number of aryl methyl sites for hydroxylation is 1. The number of aromatic nitrogens is 2. The van der Waals surface area contributed by atoms with E-state index in [4.69, 9.17) is 9.47 Å². The van der Waals surface area contributed by atoms with Crippen molar-refractivity contribution in [2.24, 2.45) is 0 Å². The zero-order chi connectivity index (χ0) is 18.1. The molecular formula is C19H19N3O3S. The van der Waals surface area contributed by atoms with Crippen LogP contribution in [-0.4, -0.2) is 27.9 Å². The molecule has 1 aromatic heterocycles. The van der Waals surface area contributed by atoms with Crippen molar-refractivity contribution in [1.29, 1.82) is 0 Å². The lowest BCUT2D eigenvalue weighted by Gasteiger charge is -2.11. The minimum absolute atomic E-state index is 0.0377. The van der Waals surface area contributed by atoms with Gasteiger partial charge in [-0.1, -0.05) is 23.9 Å². The fourth-order valence-electron chi connectivity index (χ4n) is 2.76. The summed E-state index contributed by atoms with van der Waals surface area (Å²) in [6.45, 7) is 4.60. The van der Waals surface area contributed by atoms with Gasteiger partial charge in [-0.2, -0.15) is 0 Å². The molecule has 2 heterocycles. The molecule has 0 aliphatic carbocycles. The normalized spacial score (nSPS) is 13.8. The SMILES string of the molecule is Cc1ccc2nc(SC(C)C(=O)NCc3ccc4c(c3)OCO4)[nH]c2c1. The Balaban J connectivity index is 1.36. The molecule has 0 saturated heterocycles. The van der Waals surface area contributed by atoms with E-state index in [-0.39, 0.29) is 18.0 Å². The average Bonchev–Trinajstić information content (AvgIpc) is 3.24. The molecule has 0 fully saturated rings. The molecule has 134 valence electrons. The summed E-state index contributed by atoms with van der Waals surface area (Å²) in [4.78, 5) is 20.2. The first kappa shape index (κ1) is 16.8. The number of carbonyl (C=O) groups excluding carboxylic acids is 1. The number of hydrogen-bond donors (Lipinski definition) is 2. The Labute approximate surface area is 155 Å². The second-order valence-electron chi connectivity index (χ2n) is 6.23. The Morgan fingerprint density at radius 3 is 3.00 bits per heavy atom. The van der Waals surface area contributed by atoms with Crippen LogP contribution in [0.3, 0.4) is 0 Å². The van der Waals surface area contributed by atoms with E-state index in [1.54, 1.807) is 0 Å². The van der Waals surface area contributed by atoms with Gasteiger partial charge >= 0.3 is 0 Å². The number of hydrogen-bond acceptors (Lipinski definition) is 5. The van der Waals surface area contributed by atoms with Crippen LogP contribution in [0.1, 0.15) is 18.1 Å². The second-order valence-corrected chi connectivity index (χ2v) is 7.56. The fourth-order valence-corrected chi connectivity index (χ4v) is 3.61. The molecule has 1 amide bonds. The van der Waals surface area contributed by atoms with Gasteiger partial charge in [-0.25, -0.2) is 4.98 Å². The molecule has 0 spiro atoms. The standard InChI is InChI=1S/C19H19N3O3S/c1-11-3-5-14-15(7-11)22-19(21-14)26-12(2)18(23)20-9-13-4-6-16-17(8-13)25-10-24-16/h3-8,12H,9-10H2,1-2H3,(H,20,23)(H,21,22). The molecule has 7 heteroatoms. The van der Waals surface area contributed by atoms with Crippen LogP contribution < -0.4 is 14.8 Å². The first-order chi connectivity index (χ1) is 12.6. The Bertz CT molecular complexity index is 970. The molecule has 1 unspecified atom stereocenters. The quantitative estimate of drug-likeness (QED) is 0.674. The predicted octanol–water partition coefficient (Wildman–Crippen LogP) is 3.40.